The van der Waals surface area contributed by atoms with Crippen LogP contribution in [0.25, 0.3) is 6.08 Å². The number of hydrogen-bond donors (Lipinski definition) is 1. The van der Waals surface area contributed by atoms with Crippen molar-refractivity contribution < 1.29 is 9.21 Å². The van der Waals surface area contributed by atoms with Gasteiger partial charge in [0.1, 0.15) is 5.76 Å². The highest BCUT2D eigenvalue weighted by atomic mass is 35.5. The summed E-state index contributed by atoms with van der Waals surface area (Å²) in [5.41, 5.74) is 3.78. The number of furan rings is 1. The van der Waals surface area contributed by atoms with E-state index in [1.54, 1.807) is 18.4 Å². The Morgan fingerprint density at radius 2 is 2.07 bits per heavy atom. The topological polar surface area (TPSA) is 60.1 Å². The van der Waals surface area contributed by atoms with Crippen LogP contribution in [0.4, 0.5) is 0 Å². The zero-order chi connectivity index (χ0) is 19.4. The molecule has 140 valence electrons. The number of carbonyl (C=O) groups excluding carboxylic acids is 1. The van der Waals surface area contributed by atoms with Gasteiger partial charge in [-0.3, -0.25) is 9.48 Å². The molecule has 5 nitrogen and oxygen atoms in total. The van der Waals surface area contributed by atoms with Crippen molar-refractivity contribution in [1.29, 1.82) is 0 Å². The number of halogens is 1. The maximum Gasteiger partial charge on any atom is 0.244 e. The molecule has 1 N–H and O–H groups in total. The lowest BCUT2D eigenvalue weighted by Gasteiger charge is -2.09. The van der Waals surface area contributed by atoms with Crippen LogP contribution in [0.3, 0.4) is 0 Å². The summed E-state index contributed by atoms with van der Waals surface area (Å²) in [5.74, 6) is 0.535. The molecule has 2 heterocycles. The molecular weight excluding hydrogens is 362 g/mol. The second-order valence-electron chi connectivity index (χ2n) is 6.41. The third-order valence-electron chi connectivity index (χ3n) is 4.45. The first kappa shape index (κ1) is 19.0. The van der Waals surface area contributed by atoms with E-state index < -0.39 is 0 Å². The molecule has 0 saturated carbocycles. The molecule has 0 bridgehead atoms. The fourth-order valence-corrected chi connectivity index (χ4v) is 3.12. The Kier molecular flexibility index (Phi) is 5.81. The summed E-state index contributed by atoms with van der Waals surface area (Å²) >= 11 is 6.25. The van der Waals surface area contributed by atoms with E-state index in [0.717, 1.165) is 28.3 Å². The van der Waals surface area contributed by atoms with E-state index in [2.05, 4.69) is 10.4 Å². The molecule has 0 aliphatic rings. The zero-order valence-electron chi connectivity index (χ0n) is 15.6. The maximum absolute atomic E-state index is 12.2. The van der Waals surface area contributed by atoms with Gasteiger partial charge in [-0.15, -0.1) is 0 Å². The van der Waals surface area contributed by atoms with E-state index in [0.29, 0.717) is 11.6 Å². The van der Waals surface area contributed by atoms with Crippen LogP contribution in [-0.4, -0.2) is 15.7 Å². The van der Waals surface area contributed by atoms with Crippen LogP contribution in [0.2, 0.25) is 5.02 Å². The van der Waals surface area contributed by atoms with Gasteiger partial charge >= 0.3 is 0 Å². The summed E-state index contributed by atoms with van der Waals surface area (Å²) in [6.07, 6.45) is 4.91. The highest BCUT2D eigenvalue weighted by Crippen LogP contribution is 2.20. The Balaban J connectivity index is 1.71. The van der Waals surface area contributed by atoms with E-state index in [-0.39, 0.29) is 11.9 Å². The molecule has 1 atom stereocenters. The van der Waals surface area contributed by atoms with Crippen LogP contribution in [0.5, 0.6) is 0 Å². The van der Waals surface area contributed by atoms with Gasteiger partial charge in [0.2, 0.25) is 5.91 Å². The Bertz CT molecular complexity index is 958. The second-order valence-corrected chi connectivity index (χ2v) is 6.82. The molecule has 3 rings (SSSR count). The van der Waals surface area contributed by atoms with Gasteiger partial charge in [-0.05, 0) is 50.6 Å². The van der Waals surface area contributed by atoms with Crippen LogP contribution in [0.15, 0.2) is 53.2 Å². The van der Waals surface area contributed by atoms with E-state index in [4.69, 9.17) is 16.0 Å². The number of carbonyl (C=O) groups is 1. The fourth-order valence-electron chi connectivity index (χ4n) is 2.92. The molecule has 0 fully saturated rings. The molecule has 1 amide bonds. The van der Waals surface area contributed by atoms with Crippen molar-refractivity contribution in [3.63, 3.8) is 0 Å². The second kappa shape index (κ2) is 8.27. The van der Waals surface area contributed by atoms with Gasteiger partial charge in [-0.1, -0.05) is 29.8 Å². The van der Waals surface area contributed by atoms with Crippen molar-refractivity contribution in [1.82, 2.24) is 15.1 Å². The van der Waals surface area contributed by atoms with Gasteiger partial charge in [-0.2, -0.15) is 5.10 Å². The summed E-state index contributed by atoms with van der Waals surface area (Å²) in [7, 11) is 0. The number of hydrogen-bond acceptors (Lipinski definition) is 3. The number of benzene rings is 1. The van der Waals surface area contributed by atoms with Crippen molar-refractivity contribution >= 4 is 23.6 Å². The van der Waals surface area contributed by atoms with E-state index in [1.807, 2.05) is 55.8 Å². The first-order chi connectivity index (χ1) is 13.0. The number of nitrogens with one attached hydrogen (secondary N) is 1. The minimum Gasteiger partial charge on any atom is -0.467 e. The molecule has 2 aromatic heterocycles. The van der Waals surface area contributed by atoms with Crippen LogP contribution in [-0.2, 0) is 11.3 Å². The molecule has 1 aromatic carbocycles. The van der Waals surface area contributed by atoms with Crippen molar-refractivity contribution in [2.24, 2.45) is 0 Å². The van der Waals surface area contributed by atoms with E-state index in [9.17, 15) is 4.79 Å². The number of aromatic nitrogens is 2. The largest absolute Gasteiger partial charge is 0.467 e. The maximum atomic E-state index is 12.2. The van der Waals surface area contributed by atoms with Gasteiger partial charge in [-0.25, -0.2) is 0 Å². The van der Waals surface area contributed by atoms with E-state index >= 15 is 0 Å². The summed E-state index contributed by atoms with van der Waals surface area (Å²) in [6.45, 7) is 6.38. The van der Waals surface area contributed by atoms with E-state index in [1.165, 1.54) is 6.08 Å². The van der Waals surface area contributed by atoms with Crippen molar-refractivity contribution in [3.8, 4) is 0 Å². The molecule has 6 heteroatoms. The molecule has 0 aliphatic carbocycles. The van der Waals surface area contributed by atoms with Crippen molar-refractivity contribution in [2.75, 3.05) is 0 Å². The Hall–Kier alpha value is -2.79. The smallest absolute Gasteiger partial charge is 0.244 e. The number of aryl methyl sites for hydroxylation is 1. The Morgan fingerprint density at radius 3 is 2.78 bits per heavy atom. The first-order valence-electron chi connectivity index (χ1n) is 8.75. The average Bonchev–Trinajstić information content (AvgIpc) is 3.25. The van der Waals surface area contributed by atoms with Gasteiger partial charge in [0.05, 0.1) is 24.5 Å². The molecule has 27 heavy (non-hydrogen) atoms. The number of amides is 1. The van der Waals surface area contributed by atoms with Crippen molar-refractivity contribution in [3.05, 3.63) is 82.0 Å². The predicted molar refractivity (Wildman–Crippen MR) is 107 cm³/mol. The minimum absolute atomic E-state index is 0.184. The lowest BCUT2D eigenvalue weighted by atomic mass is 10.1. The molecule has 0 saturated heterocycles. The quantitative estimate of drug-likeness (QED) is 0.628. The van der Waals surface area contributed by atoms with Gasteiger partial charge in [0.25, 0.3) is 0 Å². The SMILES string of the molecule is Cc1nn(Cc2ccccc2Cl)c(C)c1/C=C/C(=O)N[C@@H](C)c1ccco1. The molecule has 0 radical (unpaired) electrons. The third-order valence-corrected chi connectivity index (χ3v) is 4.81. The molecule has 0 aliphatic heterocycles. The van der Waals surface area contributed by atoms with Crippen LogP contribution < -0.4 is 5.32 Å². The summed E-state index contributed by atoms with van der Waals surface area (Å²) in [4.78, 5) is 12.2. The van der Waals surface area contributed by atoms with Crippen LogP contribution in [0, 0.1) is 13.8 Å². The lowest BCUT2D eigenvalue weighted by Crippen LogP contribution is -2.24. The third kappa shape index (κ3) is 4.49. The normalized spacial score (nSPS) is 12.4. The standard InChI is InChI=1S/C21H22ClN3O2/c1-14-18(10-11-21(26)23-15(2)20-9-6-12-27-20)16(3)25(24-14)13-17-7-4-5-8-19(17)22/h4-12,15H,13H2,1-3H3,(H,23,26)/b11-10+/t15-/m0/s1. The van der Waals surface area contributed by atoms with Crippen molar-refractivity contribution in [2.45, 2.75) is 33.4 Å². The highest BCUT2D eigenvalue weighted by Gasteiger charge is 2.13. The monoisotopic (exact) mass is 383 g/mol. The van der Waals surface area contributed by atoms with Gasteiger partial charge in [0, 0.05) is 22.4 Å². The minimum atomic E-state index is -0.192. The summed E-state index contributed by atoms with van der Waals surface area (Å²) in [6, 6.07) is 11.2. The Morgan fingerprint density at radius 1 is 1.30 bits per heavy atom. The number of nitrogens with zero attached hydrogens (tertiary/aromatic N) is 2. The molecule has 0 spiro atoms. The Labute approximate surface area is 163 Å². The average molecular weight is 384 g/mol. The first-order valence-corrected chi connectivity index (χ1v) is 9.13. The predicted octanol–water partition coefficient (Wildman–Crippen LogP) is 4.69. The highest BCUT2D eigenvalue weighted by molar-refractivity contribution is 6.31. The molecular formula is C21H22ClN3O2. The molecule has 0 unspecified atom stereocenters. The van der Waals surface area contributed by atoms with Crippen LogP contribution >= 0.6 is 11.6 Å². The zero-order valence-corrected chi connectivity index (χ0v) is 16.3. The lowest BCUT2D eigenvalue weighted by molar-refractivity contribution is -0.117. The van der Waals surface area contributed by atoms with Gasteiger partial charge < -0.3 is 9.73 Å². The summed E-state index contributed by atoms with van der Waals surface area (Å²) in [5, 5.41) is 8.18. The fraction of sp³-hybridized carbons (Fsp3) is 0.238. The van der Waals surface area contributed by atoms with Gasteiger partial charge in [0.15, 0.2) is 0 Å². The van der Waals surface area contributed by atoms with Crippen LogP contribution in [0.1, 0.15) is 41.2 Å². The summed E-state index contributed by atoms with van der Waals surface area (Å²) < 4.78 is 7.21. The number of rotatable bonds is 6. The molecule has 3 aromatic rings.